The Morgan fingerprint density at radius 2 is 1.70 bits per heavy atom. The molecule has 1 N–H and O–H groups in total. The van der Waals surface area contributed by atoms with Gasteiger partial charge in [-0.3, -0.25) is 19.3 Å². The van der Waals surface area contributed by atoms with Gasteiger partial charge in [-0.25, -0.2) is 4.79 Å². The van der Waals surface area contributed by atoms with E-state index in [-0.39, 0.29) is 42.1 Å². The van der Waals surface area contributed by atoms with Gasteiger partial charge in [0, 0.05) is 36.3 Å². The van der Waals surface area contributed by atoms with Gasteiger partial charge < -0.3 is 5.11 Å². The number of imide groups is 1. The van der Waals surface area contributed by atoms with Crippen molar-refractivity contribution >= 4 is 23.6 Å². The molecule has 27 heavy (non-hydrogen) atoms. The summed E-state index contributed by atoms with van der Waals surface area (Å²) in [7, 11) is 0. The highest BCUT2D eigenvalue weighted by Gasteiger charge is 2.37. The smallest absolute Gasteiger partial charge is 0.328 e. The Labute approximate surface area is 161 Å². The average molecular weight is 377 g/mol. The lowest BCUT2D eigenvalue weighted by molar-refractivity contribution is -0.138. The van der Waals surface area contributed by atoms with Crippen LogP contribution in [0.5, 0.6) is 0 Å². The molecule has 0 spiro atoms. The zero-order valence-corrected chi connectivity index (χ0v) is 17.4. The predicted octanol–water partition coefficient (Wildman–Crippen LogP) is 3.37. The van der Waals surface area contributed by atoms with Crippen molar-refractivity contribution in [3.8, 4) is 0 Å². The number of hydrogen-bond acceptors (Lipinski definition) is 4. The molecule has 150 valence electrons. The number of Topliss-reactive ketones (excluding diaryl/α,β-unsaturated/α-hetero) is 1. The van der Waals surface area contributed by atoms with E-state index in [1.165, 1.54) is 11.0 Å². The van der Waals surface area contributed by atoms with Crippen molar-refractivity contribution in [3.05, 3.63) is 23.3 Å². The summed E-state index contributed by atoms with van der Waals surface area (Å²) in [5.41, 5.74) is -0.197. The summed E-state index contributed by atoms with van der Waals surface area (Å²) in [6.45, 7) is 13.2. The summed E-state index contributed by atoms with van der Waals surface area (Å²) in [5, 5.41) is 9.00. The SMILES string of the molecule is CC(CCC(=O)/C(=C\C(=O)O)C(C)(C)C)CN1C(=O)C=C(C(C)(C)C)C1=O. The molecule has 1 heterocycles. The van der Waals surface area contributed by atoms with Crippen LogP contribution in [0.4, 0.5) is 0 Å². The lowest BCUT2D eigenvalue weighted by atomic mass is 9.82. The number of carboxylic acid groups (broad SMARTS) is 1. The zero-order valence-electron chi connectivity index (χ0n) is 17.4. The number of carbonyl (C=O) groups is 4. The molecule has 0 aliphatic carbocycles. The molecule has 0 bridgehead atoms. The summed E-state index contributed by atoms with van der Waals surface area (Å²) >= 11 is 0. The molecule has 0 aromatic carbocycles. The highest BCUT2D eigenvalue weighted by Crippen LogP contribution is 2.32. The average Bonchev–Trinajstić information content (AvgIpc) is 2.77. The fourth-order valence-electron chi connectivity index (χ4n) is 2.97. The molecule has 1 unspecified atom stereocenters. The van der Waals surface area contributed by atoms with Crippen LogP contribution in [-0.4, -0.2) is 40.1 Å². The van der Waals surface area contributed by atoms with Crippen LogP contribution < -0.4 is 0 Å². The quantitative estimate of drug-likeness (QED) is 0.542. The van der Waals surface area contributed by atoms with E-state index in [2.05, 4.69) is 0 Å². The maximum atomic E-state index is 12.5. The monoisotopic (exact) mass is 377 g/mol. The number of allylic oxidation sites excluding steroid dienone is 1. The second kappa shape index (κ2) is 8.19. The minimum atomic E-state index is -1.14. The first-order chi connectivity index (χ1) is 12.1. The minimum absolute atomic E-state index is 0.0689. The first-order valence-corrected chi connectivity index (χ1v) is 9.21. The molecule has 1 atom stereocenters. The van der Waals surface area contributed by atoms with E-state index >= 15 is 0 Å². The minimum Gasteiger partial charge on any atom is -0.478 e. The maximum absolute atomic E-state index is 12.5. The molecule has 1 rings (SSSR count). The van der Waals surface area contributed by atoms with Gasteiger partial charge in [0.2, 0.25) is 0 Å². The van der Waals surface area contributed by atoms with E-state index in [0.29, 0.717) is 12.0 Å². The summed E-state index contributed by atoms with van der Waals surface area (Å²) in [5.74, 6) is -2.02. The van der Waals surface area contributed by atoms with Crippen molar-refractivity contribution in [1.29, 1.82) is 0 Å². The Kier molecular flexibility index (Phi) is 6.92. The van der Waals surface area contributed by atoms with E-state index in [1.54, 1.807) is 20.8 Å². The van der Waals surface area contributed by atoms with E-state index in [9.17, 15) is 19.2 Å². The number of amides is 2. The highest BCUT2D eigenvalue weighted by atomic mass is 16.4. The first-order valence-electron chi connectivity index (χ1n) is 9.21. The number of nitrogens with zero attached hydrogens (tertiary/aromatic N) is 1. The highest BCUT2D eigenvalue weighted by molar-refractivity contribution is 6.16. The molecule has 0 aromatic rings. The Bertz CT molecular complexity index is 701. The molecule has 6 heteroatoms. The van der Waals surface area contributed by atoms with Gasteiger partial charge in [0.05, 0.1) is 0 Å². The van der Waals surface area contributed by atoms with Gasteiger partial charge in [0.15, 0.2) is 5.78 Å². The van der Waals surface area contributed by atoms with Gasteiger partial charge in [0.25, 0.3) is 11.8 Å². The van der Waals surface area contributed by atoms with Crippen LogP contribution in [0.15, 0.2) is 23.3 Å². The zero-order chi connectivity index (χ0) is 21.2. The Balaban J connectivity index is 2.73. The van der Waals surface area contributed by atoms with Gasteiger partial charge in [-0.2, -0.15) is 0 Å². The second-order valence-corrected chi connectivity index (χ2v) is 9.28. The number of hydrogen-bond donors (Lipinski definition) is 1. The van der Waals surface area contributed by atoms with E-state index in [4.69, 9.17) is 5.11 Å². The molecule has 0 radical (unpaired) electrons. The van der Waals surface area contributed by atoms with Crippen LogP contribution in [-0.2, 0) is 19.2 Å². The standard InChI is InChI=1S/C21H31NO5/c1-13(8-9-16(23)14(11-18(25)26)20(2,3)4)12-22-17(24)10-15(19(22)27)21(5,6)7/h10-11,13H,8-9,12H2,1-7H3,(H,25,26)/b14-11+. The number of ketones is 1. The molecule has 0 fully saturated rings. The first kappa shape index (κ1) is 22.8. The van der Waals surface area contributed by atoms with Gasteiger partial charge in [0.1, 0.15) is 0 Å². The fraction of sp³-hybridized carbons (Fsp3) is 0.619. The summed E-state index contributed by atoms with van der Waals surface area (Å²) in [6, 6.07) is 0. The van der Waals surface area contributed by atoms with Crippen molar-refractivity contribution in [2.24, 2.45) is 16.7 Å². The molecule has 2 amide bonds. The van der Waals surface area contributed by atoms with E-state index < -0.39 is 16.8 Å². The van der Waals surface area contributed by atoms with Gasteiger partial charge in [-0.1, -0.05) is 48.5 Å². The summed E-state index contributed by atoms with van der Waals surface area (Å²) in [4.78, 5) is 49.4. The van der Waals surface area contributed by atoms with Crippen LogP contribution in [0.25, 0.3) is 0 Å². The summed E-state index contributed by atoms with van der Waals surface area (Å²) in [6.07, 6.45) is 3.01. The molecular formula is C21H31NO5. The van der Waals surface area contributed by atoms with Crippen LogP contribution in [0, 0.1) is 16.7 Å². The number of rotatable bonds is 7. The maximum Gasteiger partial charge on any atom is 0.328 e. The van der Waals surface area contributed by atoms with Crippen molar-refractivity contribution in [1.82, 2.24) is 4.90 Å². The molecule has 1 aliphatic heterocycles. The number of carbonyl (C=O) groups excluding carboxylic acids is 3. The number of carboxylic acids is 1. The normalized spacial score (nSPS) is 17.2. The van der Waals surface area contributed by atoms with Crippen molar-refractivity contribution in [2.45, 2.75) is 61.3 Å². The third-order valence-electron chi connectivity index (χ3n) is 4.55. The van der Waals surface area contributed by atoms with Crippen LogP contribution in [0.1, 0.15) is 61.3 Å². The lowest BCUT2D eigenvalue weighted by Gasteiger charge is -2.24. The predicted molar refractivity (Wildman–Crippen MR) is 103 cm³/mol. The third kappa shape index (κ3) is 6.15. The lowest BCUT2D eigenvalue weighted by Crippen LogP contribution is -2.36. The van der Waals surface area contributed by atoms with Crippen LogP contribution in [0.3, 0.4) is 0 Å². The molecule has 1 aliphatic rings. The van der Waals surface area contributed by atoms with Gasteiger partial charge in [-0.15, -0.1) is 0 Å². The Hall–Kier alpha value is -2.24. The van der Waals surface area contributed by atoms with E-state index in [1.807, 2.05) is 27.7 Å². The third-order valence-corrected chi connectivity index (χ3v) is 4.55. The molecule has 0 aromatic heterocycles. The Morgan fingerprint density at radius 1 is 1.15 bits per heavy atom. The van der Waals surface area contributed by atoms with Gasteiger partial charge in [-0.05, 0) is 23.2 Å². The fourth-order valence-corrected chi connectivity index (χ4v) is 2.97. The largest absolute Gasteiger partial charge is 0.478 e. The van der Waals surface area contributed by atoms with Crippen molar-refractivity contribution in [2.75, 3.05) is 6.54 Å². The summed E-state index contributed by atoms with van der Waals surface area (Å²) < 4.78 is 0. The topological polar surface area (TPSA) is 91.8 Å². The van der Waals surface area contributed by atoms with Gasteiger partial charge >= 0.3 is 5.97 Å². The molecule has 6 nitrogen and oxygen atoms in total. The van der Waals surface area contributed by atoms with Crippen molar-refractivity contribution in [3.63, 3.8) is 0 Å². The van der Waals surface area contributed by atoms with Crippen LogP contribution >= 0.6 is 0 Å². The van der Waals surface area contributed by atoms with Crippen molar-refractivity contribution < 1.29 is 24.3 Å². The number of aliphatic carboxylic acids is 1. The second-order valence-electron chi connectivity index (χ2n) is 9.28. The molecule has 0 saturated heterocycles. The van der Waals surface area contributed by atoms with E-state index in [0.717, 1.165) is 6.08 Å². The Morgan fingerprint density at radius 3 is 2.11 bits per heavy atom. The van der Waals surface area contributed by atoms with Crippen LogP contribution in [0.2, 0.25) is 0 Å². The molecule has 0 saturated carbocycles. The molecular weight excluding hydrogens is 346 g/mol.